The van der Waals surface area contributed by atoms with Gasteiger partial charge in [-0.1, -0.05) is 59.6 Å². The molecular formula is C20H20Cl2N2O2. The Kier molecular flexibility index (Phi) is 7.25. The highest BCUT2D eigenvalue weighted by molar-refractivity contribution is 6.35. The molecule has 2 aromatic carbocycles. The molecule has 0 aromatic heterocycles. The van der Waals surface area contributed by atoms with Gasteiger partial charge in [-0.3, -0.25) is 9.59 Å². The van der Waals surface area contributed by atoms with Crippen molar-refractivity contribution in [3.05, 3.63) is 75.8 Å². The van der Waals surface area contributed by atoms with E-state index in [-0.39, 0.29) is 17.9 Å². The lowest BCUT2D eigenvalue weighted by molar-refractivity contribution is -0.127. The minimum atomic E-state index is -0.684. The SMILES string of the molecule is CC(NC(=O)/C=C/c1ccccc1)C(=O)NC(C)c1ccc(Cl)cc1Cl. The fraction of sp³-hybridized carbons (Fsp3) is 0.200. The van der Waals surface area contributed by atoms with Crippen LogP contribution in [0.5, 0.6) is 0 Å². The third-order valence-electron chi connectivity index (χ3n) is 3.77. The fourth-order valence-electron chi connectivity index (χ4n) is 2.33. The number of rotatable bonds is 6. The van der Waals surface area contributed by atoms with E-state index < -0.39 is 6.04 Å². The first-order chi connectivity index (χ1) is 12.4. The third kappa shape index (κ3) is 5.90. The van der Waals surface area contributed by atoms with Gasteiger partial charge in [-0.25, -0.2) is 0 Å². The molecule has 0 spiro atoms. The molecule has 0 aliphatic carbocycles. The van der Waals surface area contributed by atoms with E-state index in [2.05, 4.69) is 10.6 Å². The molecule has 0 saturated carbocycles. The largest absolute Gasteiger partial charge is 0.348 e. The molecular weight excluding hydrogens is 371 g/mol. The van der Waals surface area contributed by atoms with E-state index in [1.165, 1.54) is 6.08 Å². The number of halogens is 2. The number of carbonyl (C=O) groups excluding carboxylic acids is 2. The summed E-state index contributed by atoms with van der Waals surface area (Å²) in [5.41, 5.74) is 1.66. The Morgan fingerprint density at radius 3 is 2.35 bits per heavy atom. The van der Waals surface area contributed by atoms with Crippen molar-refractivity contribution in [2.75, 3.05) is 0 Å². The van der Waals surface area contributed by atoms with Gasteiger partial charge in [-0.05, 0) is 43.2 Å². The first kappa shape index (κ1) is 20.0. The van der Waals surface area contributed by atoms with Crippen LogP contribution in [0.3, 0.4) is 0 Å². The molecule has 0 heterocycles. The zero-order chi connectivity index (χ0) is 19.1. The second-order valence-corrected chi connectivity index (χ2v) is 6.71. The number of carbonyl (C=O) groups is 2. The summed E-state index contributed by atoms with van der Waals surface area (Å²) in [6, 6.07) is 13.6. The molecule has 0 aliphatic rings. The molecule has 136 valence electrons. The van der Waals surface area contributed by atoms with E-state index in [1.807, 2.05) is 37.3 Å². The Morgan fingerprint density at radius 2 is 1.69 bits per heavy atom. The van der Waals surface area contributed by atoms with Crippen LogP contribution in [0.15, 0.2) is 54.6 Å². The normalized spacial score (nSPS) is 13.2. The van der Waals surface area contributed by atoms with Gasteiger partial charge < -0.3 is 10.6 Å². The molecule has 0 fully saturated rings. The smallest absolute Gasteiger partial charge is 0.244 e. The Labute approximate surface area is 163 Å². The van der Waals surface area contributed by atoms with Gasteiger partial charge in [0.05, 0.1) is 6.04 Å². The fourth-order valence-corrected chi connectivity index (χ4v) is 2.90. The first-order valence-corrected chi connectivity index (χ1v) is 8.91. The van der Waals surface area contributed by atoms with Gasteiger partial charge in [0.15, 0.2) is 0 Å². The molecule has 0 saturated heterocycles. The van der Waals surface area contributed by atoms with E-state index in [4.69, 9.17) is 23.2 Å². The summed E-state index contributed by atoms with van der Waals surface area (Å²) in [5, 5.41) is 6.48. The van der Waals surface area contributed by atoms with Gasteiger partial charge in [-0.15, -0.1) is 0 Å². The number of hydrogen-bond acceptors (Lipinski definition) is 2. The van der Waals surface area contributed by atoms with Gasteiger partial charge in [0, 0.05) is 16.1 Å². The van der Waals surface area contributed by atoms with Crippen LogP contribution in [0.4, 0.5) is 0 Å². The highest BCUT2D eigenvalue weighted by Crippen LogP contribution is 2.26. The minimum Gasteiger partial charge on any atom is -0.348 e. The average Bonchev–Trinajstić information content (AvgIpc) is 2.60. The summed E-state index contributed by atoms with van der Waals surface area (Å²) in [7, 11) is 0. The molecule has 2 rings (SSSR count). The molecule has 26 heavy (non-hydrogen) atoms. The van der Waals surface area contributed by atoms with Crippen molar-refractivity contribution in [3.8, 4) is 0 Å². The van der Waals surface area contributed by atoms with Crippen LogP contribution in [0.2, 0.25) is 10.0 Å². The molecule has 4 nitrogen and oxygen atoms in total. The van der Waals surface area contributed by atoms with Crippen LogP contribution in [0.25, 0.3) is 6.08 Å². The molecule has 6 heteroatoms. The summed E-state index contributed by atoms with van der Waals surface area (Å²) >= 11 is 12.0. The van der Waals surface area contributed by atoms with Crippen LogP contribution in [0, 0.1) is 0 Å². The minimum absolute atomic E-state index is 0.301. The van der Waals surface area contributed by atoms with Crippen molar-refractivity contribution in [3.63, 3.8) is 0 Å². The summed E-state index contributed by atoms with van der Waals surface area (Å²) in [6.07, 6.45) is 3.09. The Balaban J connectivity index is 1.90. The van der Waals surface area contributed by atoms with E-state index in [0.29, 0.717) is 10.0 Å². The quantitative estimate of drug-likeness (QED) is 0.718. The monoisotopic (exact) mass is 390 g/mol. The summed E-state index contributed by atoms with van der Waals surface area (Å²) in [5.74, 6) is -0.640. The van der Waals surface area contributed by atoms with Crippen molar-refractivity contribution >= 4 is 41.1 Å². The highest BCUT2D eigenvalue weighted by Gasteiger charge is 2.18. The Morgan fingerprint density at radius 1 is 1.00 bits per heavy atom. The molecule has 0 radical (unpaired) electrons. The van der Waals surface area contributed by atoms with Crippen LogP contribution in [0.1, 0.15) is 31.0 Å². The zero-order valence-corrected chi connectivity index (χ0v) is 16.0. The maximum absolute atomic E-state index is 12.3. The second kappa shape index (κ2) is 9.41. The molecule has 2 amide bonds. The van der Waals surface area contributed by atoms with Crippen molar-refractivity contribution in [1.29, 1.82) is 0 Å². The van der Waals surface area contributed by atoms with Gasteiger partial charge in [-0.2, -0.15) is 0 Å². The number of nitrogens with one attached hydrogen (secondary N) is 2. The van der Waals surface area contributed by atoms with E-state index in [9.17, 15) is 9.59 Å². The number of hydrogen-bond donors (Lipinski definition) is 2. The van der Waals surface area contributed by atoms with Crippen LogP contribution >= 0.6 is 23.2 Å². The second-order valence-electron chi connectivity index (χ2n) is 5.87. The van der Waals surface area contributed by atoms with Crippen molar-refractivity contribution < 1.29 is 9.59 Å². The Bertz CT molecular complexity index is 807. The zero-order valence-electron chi connectivity index (χ0n) is 14.5. The van der Waals surface area contributed by atoms with Crippen molar-refractivity contribution in [2.24, 2.45) is 0 Å². The standard InChI is InChI=1S/C20H20Cl2N2O2/c1-13(17-10-9-16(21)12-18(17)22)24-20(26)14(2)23-19(25)11-8-15-6-4-3-5-7-15/h3-14H,1-2H3,(H,23,25)(H,24,26)/b11-8+. The highest BCUT2D eigenvalue weighted by atomic mass is 35.5. The van der Waals surface area contributed by atoms with Crippen molar-refractivity contribution in [1.82, 2.24) is 10.6 Å². The van der Waals surface area contributed by atoms with Gasteiger partial charge >= 0.3 is 0 Å². The lowest BCUT2D eigenvalue weighted by Gasteiger charge is -2.19. The predicted octanol–water partition coefficient (Wildman–Crippen LogP) is 4.39. The van der Waals surface area contributed by atoms with Crippen LogP contribution < -0.4 is 10.6 Å². The first-order valence-electron chi connectivity index (χ1n) is 8.16. The lowest BCUT2D eigenvalue weighted by atomic mass is 10.1. The molecule has 2 atom stereocenters. The predicted molar refractivity (Wildman–Crippen MR) is 106 cm³/mol. The molecule has 0 aliphatic heterocycles. The molecule has 2 N–H and O–H groups in total. The van der Waals surface area contributed by atoms with Crippen LogP contribution in [-0.2, 0) is 9.59 Å². The Hall–Kier alpha value is -2.30. The van der Waals surface area contributed by atoms with E-state index in [1.54, 1.807) is 31.2 Å². The van der Waals surface area contributed by atoms with E-state index in [0.717, 1.165) is 11.1 Å². The van der Waals surface area contributed by atoms with Crippen molar-refractivity contribution in [2.45, 2.75) is 25.9 Å². The van der Waals surface area contributed by atoms with Crippen LogP contribution in [-0.4, -0.2) is 17.9 Å². The summed E-state index contributed by atoms with van der Waals surface area (Å²) in [4.78, 5) is 24.3. The molecule has 2 unspecified atom stereocenters. The topological polar surface area (TPSA) is 58.2 Å². The number of amides is 2. The average molecular weight is 391 g/mol. The maximum atomic E-state index is 12.3. The molecule has 2 aromatic rings. The summed E-state index contributed by atoms with van der Waals surface area (Å²) < 4.78 is 0. The van der Waals surface area contributed by atoms with Gasteiger partial charge in [0.25, 0.3) is 0 Å². The van der Waals surface area contributed by atoms with Gasteiger partial charge in [0.1, 0.15) is 6.04 Å². The van der Waals surface area contributed by atoms with Gasteiger partial charge in [0.2, 0.25) is 11.8 Å². The lowest BCUT2D eigenvalue weighted by Crippen LogP contribution is -2.45. The number of benzene rings is 2. The maximum Gasteiger partial charge on any atom is 0.244 e. The third-order valence-corrected chi connectivity index (χ3v) is 4.33. The molecule has 0 bridgehead atoms. The van der Waals surface area contributed by atoms with E-state index >= 15 is 0 Å². The summed E-state index contributed by atoms with van der Waals surface area (Å²) in [6.45, 7) is 3.44.